The Labute approximate surface area is 68.6 Å². The summed E-state index contributed by atoms with van der Waals surface area (Å²) >= 11 is 0. The molecule has 0 aromatic heterocycles. The molecule has 1 atom stereocenters. The van der Waals surface area contributed by atoms with Crippen molar-refractivity contribution in [1.29, 1.82) is 0 Å². The normalized spacial score (nSPS) is 27.8. The van der Waals surface area contributed by atoms with Crippen LogP contribution < -0.4 is 0 Å². The van der Waals surface area contributed by atoms with E-state index in [1.807, 2.05) is 6.92 Å². The van der Waals surface area contributed by atoms with Crippen LogP contribution in [-0.2, 0) is 4.84 Å². The molecule has 2 nitrogen and oxygen atoms in total. The smallest absolute Gasteiger partial charge is 0.114 e. The van der Waals surface area contributed by atoms with Crippen LogP contribution in [0.2, 0.25) is 0 Å². The molecule has 0 saturated heterocycles. The molecule has 0 amide bonds. The Hall–Kier alpha value is -0.530. The van der Waals surface area contributed by atoms with Crippen LogP contribution in [0.1, 0.15) is 39.5 Å². The van der Waals surface area contributed by atoms with Crippen LogP contribution in [0.25, 0.3) is 0 Å². The first-order valence-corrected chi connectivity index (χ1v) is 4.57. The molecule has 0 spiro atoms. The van der Waals surface area contributed by atoms with Crippen molar-refractivity contribution in [2.45, 2.75) is 39.5 Å². The van der Waals surface area contributed by atoms with E-state index in [-0.39, 0.29) is 0 Å². The third-order valence-corrected chi connectivity index (χ3v) is 2.26. The lowest BCUT2D eigenvalue weighted by molar-refractivity contribution is 0.157. The number of nitrogens with zero attached hydrogens (tertiary/aromatic N) is 1. The number of hydrogen-bond donors (Lipinski definition) is 0. The van der Waals surface area contributed by atoms with Gasteiger partial charge in [-0.3, -0.25) is 0 Å². The van der Waals surface area contributed by atoms with Gasteiger partial charge in [0.2, 0.25) is 0 Å². The van der Waals surface area contributed by atoms with Gasteiger partial charge in [-0.15, -0.1) is 0 Å². The molecule has 1 aliphatic carbocycles. The molecule has 2 heteroatoms. The minimum atomic E-state index is 0.694. The molecule has 0 heterocycles. The highest BCUT2D eigenvalue weighted by Gasteiger charge is 2.20. The minimum Gasteiger partial charge on any atom is -0.396 e. The molecule has 0 aromatic rings. The highest BCUT2D eigenvalue weighted by Crippen LogP contribution is 2.25. The van der Waals surface area contributed by atoms with Crippen LogP contribution in [0.15, 0.2) is 5.16 Å². The summed E-state index contributed by atoms with van der Waals surface area (Å²) in [5.41, 5.74) is 1.29. The van der Waals surface area contributed by atoms with Gasteiger partial charge in [0.05, 0.1) is 5.71 Å². The van der Waals surface area contributed by atoms with Gasteiger partial charge < -0.3 is 4.84 Å². The highest BCUT2D eigenvalue weighted by molar-refractivity contribution is 5.87. The first-order valence-electron chi connectivity index (χ1n) is 4.57. The Morgan fingerprint density at radius 1 is 1.55 bits per heavy atom. The Morgan fingerprint density at radius 2 is 2.36 bits per heavy atom. The lowest BCUT2D eigenvalue weighted by Crippen LogP contribution is -2.05. The molecule has 0 N–H and O–H groups in total. The third kappa shape index (κ3) is 2.21. The maximum atomic E-state index is 5.04. The maximum absolute atomic E-state index is 5.04. The van der Waals surface area contributed by atoms with Gasteiger partial charge in [0.25, 0.3) is 0 Å². The molecule has 1 unspecified atom stereocenters. The minimum absolute atomic E-state index is 0.694. The molecule has 0 bridgehead atoms. The predicted molar refractivity (Wildman–Crippen MR) is 46.7 cm³/mol. The topological polar surface area (TPSA) is 21.6 Å². The third-order valence-electron chi connectivity index (χ3n) is 2.26. The summed E-state index contributed by atoms with van der Waals surface area (Å²) < 4.78 is 0. The molecule has 0 radical (unpaired) electrons. The van der Waals surface area contributed by atoms with Gasteiger partial charge in [-0.05, 0) is 32.6 Å². The van der Waals surface area contributed by atoms with Crippen molar-refractivity contribution in [3.05, 3.63) is 0 Å². The number of oxime groups is 1. The van der Waals surface area contributed by atoms with E-state index in [2.05, 4.69) is 12.1 Å². The second-order valence-corrected chi connectivity index (χ2v) is 3.00. The summed E-state index contributed by atoms with van der Waals surface area (Å²) in [5.74, 6) is 0.710. The zero-order valence-electron chi connectivity index (χ0n) is 7.47. The Kier molecular flexibility index (Phi) is 3.40. The van der Waals surface area contributed by atoms with E-state index >= 15 is 0 Å². The van der Waals surface area contributed by atoms with Crippen molar-refractivity contribution in [2.75, 3.05) is 6.61 Å². The summed E-state index contributed by atoms with van der Waals surface area (Å²) in [4.78, 5) is 5.04. The summed E-state index contributed by atoms with van der Waals surface area (Å²) in [6.45, 7) is 4.89. The van der Waals surface area contributed by atoms with E-state index in [4.69, 9.17) is 4.84 Å². The predicted octanol–water partition coefficient (Wildman–Crippen LogP) is 2.59. The van der Waals surface area contributed by atoms with E-state index in [1.54, 1.807) is 0 Å². The summed E-state index contributed by atoms with van der Waals surface area (Å²) in [5, 5.41) is 4.11. The molecule has 0 aliphatic heterocycles. The number of hydrogen-bond acceptors (Lipinski definition) is 2. The van der Waals surface area contributed by atoms with Crippen LogP contribution in [-0.4, -0.2) is 12.3 Å². The average Bonchev–Trinajstić information content (AvgIpc) is 2.47. The van der Waals surface area contributed by atoms with Gasteiger partial charge in [0.15, 0.2) is 0 Å². The molecular weight excluding hydrogens is 138 g/mol. The van der Waals surface area contributed by atoms with E-state index in [0.29, 0.717) is 12.5 Å². The standard InChI is InChI=1S/C9H17NO/c1-3-8-6-5-7-9(8)10-11-4-2/h8H,3-7H2,1-2H3/b10-9+. The highest BCUT2D eigenvalue weighted by atomic mass is 16.6. The van der Waals surface area contributed by atoms with E-state index in [1.165, 1.54) is 25.0 Å². The largest absolute Gasteiger partial charge is 0.396 e. The molecule has 1 saturated carbocycles. The average molecular weight is 155 g/mol. The van der Waals surface area contributed by atoms with Crippen LogP contribution >= 0.6 is 0 Å². The van der Waals surface area contributed by atoms with Crippen LogP contribution in [0.4, 0.5) is 0 Å². The monoisotopic (exact) mass is 155 g/mol. The van der Waals surface area contributed by atoms with Crippen molar-refractivity contribution in [3.8, 4) is 0 Å². The van der Waals surface area contributed by atoms with Crippen molar-refractivity contribution < 1.29 is 4.84 Å². The maximum Gasteiger partial charge on any atom is 0.114 e. The Morgan fingerprint density at radius 3 is 3.00 bits per heavy atom. The van der Waals surface area contributed by atoms with Gasteiger partial charge in [0, 0.05) is 5.92 Å². The molecular formula is C9H17NO. The lowest BCUT2D eigenvalue weighted by Gasteiger charge is -2.05. The second kappa shape index (κ2) is 4.37. The molecule has 11 heavy (non-hydrogen) atoms. The van der Waals surface area contributed by atoms with Gasteiger partial charge in [-0.1, -0.05) is 12.1 Å². The van der Waals surface area contributed by atoms with Gasteiger partial charge in [-0.2, -0.15) is 0 Å². The summed E-state index contributed by atoms with van der Waals surface area (Å²) in [6, 6.07) is 0. The van der Waals surface area contributed by atoms with E-state index in [0.717, 1.165) is 6.42 Å². The molecule has 0 aromatic carbocycles. The van der Waals surface area contributed by atoms with E-state index < -0.39 is 0 Å². The fraction of sp³-hybridized carbons (Fsp3) is 0.889. The van der Waals surface area contributed by atoms with Gasteiger partial charge >= 0.3 is 0 Å². The van der Waals surface area contributed by atoms with Crippen LogP contribution in [0.3, 0.4) is 0 Å². The quantitative estimate of drug-likeness (QED) is 0.574. The molecule has 1 aliphatic rings. The fourth-order valence-electron chi connectivity index (χ4n) is 1.61. The van der Waals surface area contributed by atoms with Crippen LogP contribution in [0.5, 0.6) is 0 Å². The van der Waals surface area contributed by atoms with E-state index in [9.17, 15) is 0 Å². The first-order chi connectivity index (χ1) is 5.38. The molecule has 64 valence electrons. The Balaban J connectivity index is 2.42. The lowest BCUT2D eigenvalue weighted by atomic mass is 10.0. The fourth-order valence-corrected chi connectivity index (χ4v) is 1.61. The van der Waals surface area contributed by atoms with Crippen molar-refractivity contribution >= 4 is 5.71 Å². The number of rotatable bonds is 3. The van der Waals surface area contributed by atoms with Crippen molar-refractivity contribution in [3.63, 3.8) is 0 Å². The van der Waals surface area contributed by atoms with Gasteiger partial charge in [-0.25, -0.2) is 0 Å². The summed E-state index contributed by atoms with van der Waals surface area (Å²) in [6.07, 6.45) is 4.97. The van der Waals surface area contributed by atoms with Crippen molar-refractivity contribution in [2.24, 2.45) is 11.1 Å². The van der Waals surface area contributed by atoms with Crippen molar-refractivity contribution in [1.82, 2.24) is 0 Å². The Bertz CT molecular complexity index is 142. The molecule has 1 rings (SSSR count). The SMILES string of the molecule is CCO/N=C1\CCCC1CC. The zero-order chi connectivity index (χ0) is 8.10. The molecule has 1 fully saturated rings. The zero-order valence-corrected chi connectivity index (χ0v) is 7.47. The summed E-state index contributed by atoms with van der Waals surface area (Å²) in [7, 11) is 0. The first kappa shape index (κ1) is 8.57. The van der Waals surface area contributed by atoms with Gasteiger partial charge in [0.1, 0.15) is 6.61 Å². The second-order valence-electron chi connectivity index (χ2n) is 3.00. The van der Waals surface area contributed by atoms with Crippen LogP contribution in [0, 0.1) is 5.92 Å².